The number of carbonyl (C=O) groups is 2. The Balaban J connectivity index is 1.62. The summed E-state index contributed by atoms with van der Waals surface area (Å²) in [6, 6.07) is 23.3. The molecule has 7 heteroatoms. The van der Waals surface area contributed by atoms with Crippen LogP contribution in [-0.2, 0) is 14.8 Å². The summed E-state index contributed by atoms with van der Waals surface area (Å²) in [7, 11) is -2.50. The first kappa shape index (κ1) is 23.4. The van der Waals surface area contributed by atoms with Gasteiger partial charge in [0, 0.05) is 12.6 Å². The van der Waals surface area contributed by atoms with Crippen molar-refractivity contribution in [2.24, 2.45) is 0 Å². The maximum Gasteiger partial charge on any atom is 0.243 e. The molecule has 32 heavy (non-hydrogen) atoms. The standard InChI is InChI=1S/C25H26N2O4S/c1-18(20-9-11-23(12-10-20)22-7-5-4-6-8-22)26-25(29)17-27(3)32(30,31)24-15-13-21(14-16-24)19(2)28/h4-16,18H,17H2,1-3H3,(H,26,29). The maximum atomic E-state index is 12.7. The Hall–Kier alpha value is -3.29. The minimum absolute atomic E-state index is 0.0300. The highest BCUT2D eigenvalue weighted by Crippen LogP contribution is 2.22. The average Bonchev–Trinajstić information content (AvgIpc) is 2.79. The first-order valence-electron chi connectivity index (χ1n) is 10.2. The van der Waals surface area contributed by atoms with Crippen LogP contribution in [0.15, 0.2) is 83.8 Å². The Bertz CT molecular complexity index is 1190. The molecule has 0 spiro atoms. The molecule has 3 rings (SSSR count). The Morgan fingerprint density at radius 2 is 1.44 bits per heavy atom. The molecule has 6 nitrogen and oxygen atoms in total. The van der Waals surface area contributed by atoms with E-state index in [0.29, 0.717) is 5.56 Å². The number of nitrogens with zero attached hydrogens (tertiary/aromatic N) is 1. The third-order valence-electron chi connectivity index (χ3n) is 5.23. The Morgan fingerprint density at radius 3 is 2.00 bits per heavy atom. The van der Waals surface area contributed by atoms with Crippen molar-refractivity contribution in [3.63, 3.8) is 0 Å². The summed E-state index contributed by atoms with van der Waals surface area (Å²) in [5.41, 5.74) is 3.54. The lowest BCUT2D eigenvalue weighted by Gasteiger charge is -2.20. The van der Waals surface area contributed by atoms with Gasteiger partial charge in [-0.05, 0) is 42.7 Å². The number of hydrogen-bond acceptors (Lipinski definition) is 4. The molecule has 166 valence electrons. The van der Waals surface area contributed by atoms with Gasteiger partial charge in [-0.1, -0.05) is 66.7 Å². The third kappa shape index (κ3) is 5.49. The maximum absolute atomic E-state index is 12.7. The number of Topliss-reactive ketones (excluding diaryl/α,β-unsaturated/α-hetero) is 1. The van der Waals surface area contributed by atoms with Crippen molar-refractivity contribution in [2.45, 2.75) is 24.8 Å². The van der Waals surface area contributed by atoms with Gasteiger partial charge in [0.2, 0.25) is 15.9 Å². The number of hydrogen-bond donors (Lipinski definition) is 1. The predicted octanol–water partition coefficient (Wildman–Crippen LogP) is 4.05. The van der Waals surface area contributed by atoms with E-state index in [-0.39, 0.29) is 23.3 Å². The number of nitrogens with one attached hydrogen (secondary N) is 1. The van der Waals surface area contributed by atoms with Gasteiger partial charge in [-0.15, -0.1) is 0 Å². The van der Waals surface area contributed by atoms with Crippen molar-refractivity contribution in [3.8, 4) is 11.1 Å². The zero-order chi connectivity index (χ0) is 23.3. The molecule has 1 N–H and O–H groups in total. The van der Waals surface area contributed by atoms with Crippen molar-refractivity contribution in [3.05, 3.63) is 90.0 Å². The Kier molecular flexibility index (Phi) is 7.22. The highest BCUT2D eigenvalue weighted by Gasteiger charge is 2.23. The van der Waals surface area contributed by atoms with E-state index in [2.05, 4.69) is 5.32 Å². The highest BCUT2D eigenvalue weighted by atomic mass is 32.2. The molecule has 0 saturated carbocycles. The zero-order valence-electron chi connectivity index (χ0n) is 18.3. The number of ketones is 1. The first-order valence-corrected chi connectivity index (χ1v) is 11.6. The van der Waals surface area contributed by atoms with Gasteiger partial charge in [0.1, 0.15) is 0 Å². The van der Waals surface area contributed by atoms with Gasteiger partial charge in [-0.2, -0.15) is 4.31 Å². The minimum atomic E-state index is -3.85. The van der Waals surface area contributed by atoms with E-state index in [9.17, 15) is 18.0 Å². The van der Waals surface area contributed by atoms with Gasteiger partial charge in [0.05, 0.1) is 17.5 Å². The molecule has 1 amide bonds. The molecule has 0 fully saturated rings. The van der Waals surface area contributed by atoms with Gasteiger partial charge < -0.3 is 5.32 Å². The Labute approximate surface area is 188 Å². The van der Waals surface area contributed by atoms with Crippen LogP contribution in [0.25, 0.3) is 11.1 Å². The van der Waals surface area contributed by atoms with Crippen LogP contribution in [0.4, 0.5) is 0 Å². The fourth-order valence-corrected chi connectivity index (χ4v) is 4.42. The molecule has 0 aromatic heterocycles. The molecule has 1 unspecified atom stereocenters. The monoisotopic (exact) mass is 450 g/mol. The van der Waals surface area contributed by atoms with Gasteiger partial charge in [-0.3, -0.25) is 9.59 Å². The molecule has 0 aliphatic carbocycles. The van der Waals surface area contributed by atoms with E-state index in [1.54, 1.807) is 0 Å². The molecule has 3 aromatic carbocycles. The van der Waals surface area contributed by atoms with Crippen molar-refractivity contribution < 1.29 is 18.0 Å². The van der Waals surface area contributed by atoms with Crippen LogP contribution in [0.1, 0.15) is 35.8 Å². The molecule has 0 radical (unpaired) electrons. The van der Waals surface area contributed by atoms with Crippen LogP contribution in [0, 0.1) is 0 Å². The van der Waals surface area contributed by atoms with Crippen LogP contribution < -0.4 is 5.32 Å². The van der Waals surface area contributed by atoms with Crippen LogP contribution >= 0.6 is 0 Å². The summed E-state index contributed by atoms with van der Waals surface area (Å²) in [4.78, 5) is 23.9. The highest BCUT2D eigenvalue weighted by molar-refractivity contribution is 7.89. The number of carbonyl (C=O) groups excluding carboxylic acids is 2. The fraction of sp³-hybridized carbons (Fsp3) is 0.200. The van der Waals surface area contributed by atoms with E-state index in [1.807, 2.05) is 61.5 Å². The van der Waals surface area contributed by atoms with E-state index in [4.69, 9.17) is 0 Å². The smallest absolute Gasteiger partial charge is 0.243 e. The van der Waals surface area contributed by atoms with Crippen molar-refractivity contribution >= 4 is 21.7 Å². The second kappa shape index (κ2) is 9.89. The summed E-state index contributed by atoms with van der Waals surface area (Å²) in [6.45, 7) is 2.95. The zero-order valence-corrected chi connectivity index (χ0v) is 19.1. The number of likely N-dealkylation sites (N-methyl/N-ethyl adjacent to an activating group) is 1. The van der Waals surface area contributed by atoms with Crippen molar-refractivity contribution in [1.29, 1.82) is 0 Å². The largest absolute Gasteiger partial charge is 0.348 e. The SMILES string of the molecule is CC(=O)c1ccc(S(=O)(=O)N(C)CC(=O)NC(C)c2ccc(-c3ccccc3)cc2)cc1. The van der Waals surface area contributed by atoms with E-state index in [0.717, 1.165) is 21.0 Å². The summed E-state index contributed by atoms with van der Waals surface area (Å²) >= 11 is 0. The minimum Gasteiger partial charge on any atom is -0.348 e. The predicted molar refractivity (Wildman–Crippen MR) is 125 cm³/mol. The normalized spacial score (nSPS) is 12.4. The van der Waals surface area contributed by atoms with Crippen LogP contribution in [0.5, 0.6) is 0 Å². The molecule has 3 aromatic rings. The van der Waals surface area contributed by atoms with Crippen LogP contribution in [0.3, 0.4) is 0 Å². The summed E-state index contributed by atoms with van der Waals surface area (Å²) in [6.07, 6.45) is 0. The van der Waals surface area contributed by atoms with E-state index >= 15 is 0 Å². The van der Waals surface area contributed by atoms with Gasteiger partial charge in [0.15, 0.2) is 5.78 Å². The van der Waals surface area contributed by atoms with E-state index in [1.165, 1.54) is 38.2 Å². The van der Waals surface area contributed by atoms with Crippen LogP contribution in [-0.4, -0.2) is 38.0 Å². The second-order valence-corrected chi connectivity index (χ2v) is 9.66. The number of amides is 1. The lowest BCUT2D eigenvalue weighted by atomic mass is 10.0. The molecular formula is C25H26N2O4S. The van der Waals surface area contributed by atoms with Crippen LogP contribution in [0.2, 0.25) is 0 Å². The summed E-state index contributed by atoms with van der Waals surface area (Å²) in [5, 5.41) is 2.84. The average molecular weight is 451 g/mol. The molecule has 0 heterocycles. The van der Waals surface area contributed by atoms with E-state index < -0.39 is 15.9 Å². The summed E-state index contributed by atoms with van der Waals surface area (Å²) in [5.74, 6) is -0.552. The lowest BCUT2D eigenvalue weighted by Crippen LogP contribution is -2.39. The molecule has 0 saturated heterocycles. The molecule has 0 aliphatic heterocycles. The number of rotatable bonds is 8. The molecular weight excluding hydrogens is 424 g/mol. The molecule has 0 bridgehead atoms. The quantitative estimate of drug-likeness (QED) is 0.525. The van der Waals surface area contributed by atoms with Gasteiger partial charge in [0.25, 0.3) is 0 Å². The Morgan fingerprint density at radius 1 is 0.875 bits per heavy atom. The number of sulfonamides is 1. The van der Waals surface area contributed by atoms with Crippen molar-refractivity contribution in [1.82, 2.24) is 9.62 Å². The second-order valence-electron chi connectivity index (χ2n) is 7.62. The summed E-state index contributed by atoms with van der Waals surface area (Å²) < 4.78 is 26.5. The third-order valence-corrected chi connectivity index (χ3v) is 7.05. The van der Waals surface area contributed by atoms with Crippen molar-refractivity contribution in [2.75, 3.05) is 13.6 Å². The van der Waals surface area contributed by atoms with Gasteiger partial charge in [-0.25, -0.2) is 8.42 Å². The van der Waals surface area contributed by atoms with Gasteiger partial charge >= 0.3 is 0 Å². The lowest BCUT2D eigenvalue weighted by molar-refractivity contribution is -0.121. The first-order chi connectivity index (χ1) is 15.2. The molecule has 1 atom stereocenters. The topological polar surface area (TPSA) is 83.6 Å². The fourth-order valence-electron chi connectivity index (χ4n) is 3.29. The number of benzene rings is 3. The molecule has 0 aliphatic rings.